The summed E-state index contributed by atoms with van der Waals surface area (Å²) in [6.45, 7) is 4.11. The molecule has 176 valence electrons. The Bertz CT molecular complexity index is 945. The number of nitrogens with one attached hydrogen (secondary N) is 2. The largest absolute Gasteiger partial charge is 0.338 e. The van der Waals surface area contributed by atoms with Crippen molar-refractivity contribution < 1.29 is 22.6 Å². The Morgan fingerprint density at radius 1 is 1.19 bits per heavy atom. The predicted molar refractivity (Wildman–Crippen MR) is 121 cm³/mol. The van der Waals surface area contributed by atoms with Gasteiger partial charge in [-0.15, -0.1) is 0 Å². The lowest BCUT2D eigenvalue weighted by atomic mass is 10.0. The molecule has 32 heavy (non-hydrogen) atoms. The third-order valence-electron chi connectivity index (χ3n) is 4.85. The van der Waals surface area contributed by atoms with Crippen molar-refractivity contribution in [2.75, 3.05) is 25.9 Å². The molecule has 0 bridgehead atoms. The van der Waals surface area contributed by atoms with Gasteiger partial charge < -0.3 is 20.1 Å². The highest BCUT2D eigenvalue weighted by atomic mass is 32.2. The highest BCUT2D eigenvalue weighted by molar-refractivity contribution is 7.85. The summed E-state index contributed by atoms with van der Waals surface area (Å²) in [5.74, 6) is 0.0398. The van der Waals surface area contributed by atoms with E-state index in [2.05, 4.69) is 22.5 Å². The predicted octanol–water partition coefficient (Wildman–Crippen LogP) is 2.08. The number of carbonyl (C=O) groups excluding carboxylic acids is 2. The average molecular weight is 466 g/mol. The quantitative estimate of drug-likeness (QED) is 0.442. The Morgan fingerprint density at radius 2 is 1.81 bits per heavy atom. The van der Waals surface area contributed by atoms with E-state index in [1.807, 2.05) is 39.9 Å². The average Bonchev–Trinajstić information content (AvgIpc) is 3.28. The van der Waals surface area contributed by atoms with Crippen LogP contribution in [0.3, 0.4) is 0 Å². The van der Waals surface area contributed by atoms with Crippen LogP contribution in [0.1, 0.15) is 43.0 Å². The number of imidazole rings is 1. The SMILES string of the molecule is CCCCNC(=O)NC1CCN(C(=O)c2ccc(-n3ccnc3)cc2)CC1.CS(=O)(=O)O. The van der Waals surface area contributed by atoms with Crippen LogP contribution in [0.2, 0.25) is 0 Å². The fourth-order valence-electron chi connectivity index (χ4n) is 3.21. The minimum atomic E-state index is -3.67. The van der Waals surface area contributed by atoms with E-state index in [-0.39, 0.29) is 18.0 Å². The van der Waals surface area contributed by atoms with E-state index in [0.717, 1.165) is 31.4 Å². The van der Waals surface area contributed by atoms with E-state index in [0.29, 0.717) is 31.5 Å². The molecular formula is C21H31N5O5S. The molecule has 1 aromatic heterocycles. The molecular weight excluding hydrogens is 434 g/mol. The standard InChI is InChI=1S/C20H27N5O2.CH4O3S/c1-2-3-10-22-20(27)23-17-8-12-24(13-9-17)19(26)16-4-6-18(7-5-16)25-14-11-21-15-25;1-5(2,3)4/h4-7,11,14-15,17H,2-3,8-10,12-13H2,1H3,(H2,22,23,27);1H3,(H,2,3,4). The number of hydrogen-bond acceptors (Lipinski definition) is 5. The van der Waals surface area contributed by atoms with Gasteiger partial charge in [0.05, 0.1) is 12.6 Å². The molecule has 0 unspecified atom stereocenters. The van der Waals surface area contributed by atoms with Gasteiger partial charge in [0.2, 0.25) is 0 Å². The summed E-state index contributed by atoms with van der Waals surface area (Å²) in [5.41, 5.74) is 1.66. The zero-order valence-electron chi connectivity index (χ0n) is 18.4. The van der Waals surface area contributed by atoms with Crippen LogP contribution in [0.4, 0.5) is 4.79 Å². The van der Waals surface area contributed by atoms with E-state index in [1.165, 1.54) is 0 Å². The smallest absolute Gasteiger partial charge is 0.315 e. The van der Waals surface area contributed by atoms with Gasteiger partial charge in [0.25, 0.3) is 16.0 Å². The van der Waals surface area contributed by atoms with Gasteiger partial charge in [-0.3, -0.25) is 9.35 Å². The molecule has 3 rings (SSSR count). The van der Waals surface area contributed by atoms with Crippen LogP contribution < -0.4 is 10.6 Å². The van der Waals surface area contributed by atoms with Crippen LogP contribution in [-0.4, -0.2) is 71.3 Å². The maximum Gasteiger partial charge on any atom is 0.315 e. The number of benzene rings is 1. The Labute approximate surface area is 188 Å². The van der Waals surface area contributed by atoms with E-state index >= 15 is 0 Å². The summed E-state index contributed by atoms with van der Waals surface area (Å²) in [7, 11) is -3.67. The monoisotopic (exact) mass is 465 g/mol. The van der Waals surface area contributed by atoms with Gasteiger partial charge in [0, 0.05) is 49.3 Å². The second-order valence-electron chi connectivity index (χ2n) is 7.57. The number of urea groups is 1. The van der Waals surface area contributed by atoms with Gasteiger partial charge in [-0.25, -0.2) is 9.78 Å². The normalized spacial score (nSPS) is 14.3. The molecule has 2 heterocycles. The van der Waals surface area contributed by atoms with Crippen molar-refractivity contribution in [2.24, 2.45) is 0 Å². The maximum absolute atomic E-state index is 12.7. The van der Waals surface area contributed by atoms with Crippen molar-refractivity contribution in [3.05, 3.63) is 48.5 Å². The van der Waals surface area contributed by atoms with Gasteiger partial charge >= 0.3 is 6.03 Å². The number of rotatable bonds is 6. The van der Waals surface area contributed by atoms with Crippen molar-refractivity contribution in [1.29, 1.82) is 0 Å². The number of unbranched alkanes of at least 4 members (excludes halogenated alkanes) is 1. The van der Waals surface area contributed by atoms with E-state index in [4.69, 9.17) is 4.55 Å². The Morgan fingerprint density at radius 3 is 2.34 bits per heavy atom. The van der Waals surface area contributed by atoms with Gasteiger partial charge in [0.1, 0.15) is 0 Å². The minimum Gasteiger partial charge on any atom is -0.338 e. The minimum absolute atomic E-state index is 0.0398. The number of likely N-dealkylation sites (tertiary alicyclic amines) is 1. The Balaban J connectivity index is 0.000000654. The molecule has 1 saturated heterocycles. The van der Waals surface area contributed by atoms with Crippen LogP contribution in [-0.2, 0) is 10.1 Å². The molecule has 3 N–H and O–H groups in total. The molecule has 1 fully saturated rings. The third kappa shape index (κ3) is 9.06. The summed E-state index contributed by atoms with van der Waals surface area (Å²) in [6, 6.07) is 7.56. The van der Waals surface area contributed by atoms with E-state index in [9.17, 15) is 18.0 Å². The third-order valence-corrected chi connectivity index (χ3v) is 4.85. The zero-order chi connectivity index (χ0) is 23.6. The lowest BCUT2D eigenvalue weighted by Crippen LogP contribution is -2.49. The van der Waals surface area contributed by atoms with Crippen molar-refractivity contribution in [3.8, 4) is 5.69 Å². The van der Waals surface area contributed by atoms with Crippen LogP contribution in [0, 0.1) is 0 Å². The van der Waals surface area contributed by atoms with Crippen molar-refractivity contribution in [3.63, 3.8) is 0 Å². The Hall–Kier alpha value is -2.92. The first-order valence-corrected chi connectivity index (χ1v) is 12.4. The molecule has 0 aliphatic carbocycles. The summed E-state index contributed by atoms with van der Waals surface area (Å²) >= 11 is 0. The molecule has 3 amide bonds. The number of amides is 3. The number of nitrogens with zero attached hydrogens (tertiary/aromatic N) is 3. The lowest BCUT2D eigenvalue weighted by Gasteiger charge is -2.32. The fraction of sp³-hybridized carbons (Fsp3) is 0.476. The maximum atomic E-state index is 12.7. The van der Waals surface area contributed by atoms with Crippen LogP contribution in [0.5, 0.6) is 0 Å². The fourth-order valence-corrected chi connectivity index (χ4v) is 3.21. The summed E-state index contributed by atoms with van der Waals surface area (Å²) in [6.07, 6.45) is 9.64. The molecule has 10 nitrogen and oxygen atoms in total. The highest BCUT2D eigenvalue weighted by Crippen LogP contribution is 2.16. The topological polar surface area (TPSA) is 134 Å². The first-order valence-electron chi connectivity index (χ1n) is 10.5. The summed E-state index contributed by atoms with van der Waals surface area (Å²) < 4.78 is 27.8. The number of carbonyl (C=O) groups is 2. The van der Waals surface area contributed by atoms with Gasteiger partial charge in [0.15, 0.2) is 0 Å². The second kappa shape index (κ2) is 12.2. The molecule has 2 aromatic rings. The molecule has 0 atom stereocenters. The van der Waals surface area contributed by atoms with Crippen molar-refractivity contribution in [2.45, 2.75) is 38.6 Å². The zero-order valence-corrected chi connectivity index (χ0v) is 19.2. The van der Waals surface area contributed by atoms with Crippen LogP contribution in [0.15, 0.2) is 43.0 Å². The van der Waals surface area contributed by atoms with Crippen molar-refractivity contribution in [1.82, 2.24) is 25.1 Å². The van der Waals surface area contributed by atoms with Crippen LogP contribution >= 0.6 is 0 Å². The van der Waals surface area contributed by atoms with Crippen molar-refractivity contribution >= 4 is 22.1 Å². The van der Waals surface area contributed by atoms with Gasteiger partial charge in [-0.1, -0.05) is 13.3 Å². The second-order valence-corrected chi connectivity index (χ2v) is 9.04. The first-order chi connectivity index (χ1) is 15.2. The molecule has 0 spiro atoms. The van der Waals surface area contributed by atoms with Crippen LogP contribution in [0.25, 0.3) is 5.69 Å². The molecule has 11 heteroatoms. The Kier molecular flexibility index (Phi) is 9.66. The summed E-state index contributed by atoms with van der Waals surface area (Å²) in [4.78, 5) is 30.4. The van der Waals surface area contributed by atoms with E-state index < -0.39 is 10.1 Å². The van der Waals surface area contributed by atoms with E-state index in [1.54, 1.807) is 12.5 Å². The molecule has 0 radical (unpaired) electrons. The van der Waals surface area contributed by atoms with Gasteiger partial charge in [-0.05, 0) is 43.5 Å². The number of piperidine rings is 1. The highest BCUT2D eigenvalue weighted by Gasteiger charge is 2.24. The number of hydrogen-bond donors (Lipinski definition) is 3. The lowest BCUT2D eigenvalue weighted by molar-refractivity contribution is 0.0708. The number of aromatic nitrogens is 2. The first kappa shape index (κ1) is 25.3. The molecule has 1 aliphatic rings. The van der Waals surface area contributed by atoms with Gasteiger partial charge in [-0.2, -0.15) is 8.42 Å². The summed E-state index contributed by atoms with van der Waals surface area (Å²) in [5, 5.41) is 5.87. The molecule has 1 aliphatic heterocycles. The molecule has 1 aromatic carbocycles. The molecule has 0 saturated carbocycles.